The molecule has 3 rings (SSSR count). The van der Waals surface area contributed by atoms with E-state index >= 15 is 0 Å². The fraction of sp³-hybridized carbons (Fsp3) is 0.364. The highest BCUT2D eigenvalue weighted by molar-refractivity contribution is 6.00. The summed E-state index contributed by atoms with van der Waals surface area (Å²) in [4.78, 5) is 23.7. The van der Waals surface area contributed by atoms with Gasteiger partial charge in [0, 0.05) is 12.0 Å². The molecule has 150 valence electrons. The van der Waals surface area contributed by atoms with Crippen LogP contribution < -0.4 is 15.4 Å². The third-order valence-corrected chi connectivity index (χ3v) is 4.63. The molecule has 0 aliphatic carbocycles. The second kappa shape index (κ2) is 11.5. The third-order valence-electron chi connectivity index (χ3n) is 4.63. The van der Waals surface area contributed by atoms with E-state index < -0.39 is 0 Å². The molecule has 1 aliphatic heterocycles. The van der Waals surface area contributed by atoms with Gasteiger partial charge in [-0.2, -0.15) is 0 Å². The number of rotatable bonds is 10. The Labute approximate surface area is 172 Å². The molecule has 0 aromatic heterocycles. The first kappa shape index (κ1) is 21.9. The minimum absolute atomic E-state index is 0. The van der Waals surface area contributed by atoms with Crippen LogP contribution in [0.15, 0.2) is 48.5 Å². The molecule has 6 heteroatoms. The summed E-state index contributed by atoms with van der Waals surface area (Å²) >= 11 is 0. The van der Waals surface area contributed by atoms with Crippen LogP contribution in [-0.4, -0.2) is 31.4 Å². The number of hydrogen-bond donors (Lipinski definition) is 2. The van der Waals surface area contributed by atoms with Crippen molar-refractivity contribution in [1.82, 2.24) is 5.32 Å². The molecule has 0 spiro atoms. The van der Waals surface area contributed by atoms with E-state index in [1.165, 1.54) is 5.56 Å². The van der Waals surface area contributed by atoms with Crippen LogP contribution in [0.3, 0.4) is 0 Å². The Hall–Kier alpha value is -2.37. The van der Waals surface area contributed by atoms with Crippen LogP contribution >= 0.6 is 12.4 Å². The van der Waals surface area contributed by atoms with Gasteiger partial charge >= 0.3 is 0 Å². The summed E-state index contributed by atoms with van der Waals surface area (Å²) in [6.45, 7) is 1.98. The molecule has 1 amide bonds. The van der Waals surface area contributed by atoms with Crippen LogP contribution in [0.1, 0.15) is 41.6 Å². The number of carbonyl (C=O) groups is 2. The Morgan fingerprint density at radius 2 is 1.86 bits per heavy atom. The lowest BCUT2D eigenvalue weighted by Gasteiger charge is -2.18. The molecular weight excluding hydrogens is 376 g/mol. The van der Waals surface area contributed by atoms with E-state index in [4.69, 9.17) is 4.74 Å². The van der Waals surface area contributed by atoms with E-state index in [-0.39, 0.29) is 30.7 Å². The molecule has 0 unspecified atom stereocenters. The van der Waals surface area contributed by atoms with Gasteiger partial charge < -0.3 is 15.4 Å². The summed E-state index contributed by atoms with van der Waals surface area (Å²) in [5.74, 6) is 0.536. The van der Waals surface area contributed by atoms with Crippen LogP contribution in [0, 0.1) is 0 Å². The first-order chi connectivity index (χ1) is 13.2. The van der Waals surface area contributed by atoms with E-state index in [1.54, 1.807) is 18.2 Å². The van der Waals surface area contributed by atoms with Gasteiger partial charge in [0.15, 0.2) is 12.4 Å². The molecule has 5 nitrogen and oxygen atoms in total. The van der Waals surface area contributed by atoms with Gasteiger partial charge in [-0.15, -0.1) is 12.4 Å². The van der Waals surface area contributed by atoms with Gasteiger partial charge in [0.25, 0.3) is 5.91 Å². The number of benzene rings is 2. The van der Waals surface area contributed by atoms with Gasteiger partial charge in [-0.25, -0.2) is 0 Å². The number of nitrogens with one attached hydrogen (secondary N) is 2. The van der Waals surface area contributed by atoms with Crippen molar-refractivity contribution in [2.75, 3.05) is 25.0 Å². The van der Waals surface area contributed by atoms with E-state index in [0.717, 1.165) is 38.8 Å². The molecule has 0 atom stereocenters. The Kier molecular flexibility index (Phi) is 8.98. The Balaban J connectivity index is 0.00000280. The van der Waals surface area contributed by atoms with Crippen molar-refractivity contribution >= 4 is 29.8 Å². The molecule has 0 saturated carbocycles. The molecule has 28 heavy (non-hydrogen) atoms. The van der Waals surface area contributed by atoms with E-state index in [2.05, 4.69) is 34.9 Å². The Morgan fingerprint density at radius 3 is 2.68 bits per heavy atom. The monoisotopic (exact) mass is 402 g/mol. The van der Waals surface area contributed by atoms with Crippen molar-refractivity contribution < 1.29 is 14.3 Å². The van der Waals surface area contributed by atoms with E-state index in [9.17, 15) is 9.59 Å². The van der Waals surface area contributed by atoms with Crippen LogP contribution in [-0.2, 0) is 11.2 Å². The highest BCUT2D eigenvalue weighted by Gasteiger charge is 2.17. The van der Waals surface area contributed by atoms with Gasteiger partial charge in [0.1, 0.15) is 5.75 Å². The van der Waals surface area contributed by atoms with Gasteiger partial charge in [0.05, 0.1) is 5.69 Å². The predicted octanol–water partition coefficient (Wildman–Crippen LogP) is 4.01. The number of ketones is 1. The summed E-state index contributed by atoms with van der Waals surface area (Å²) in [5, 5.41) is 6.19. The number of halogens is 1. The zero-order valence-corrected chi connectivity index (χ0v) is 16.7. The van der Waals surface area contributed by atoms with Crippen LogP contribution in [0.2, 0.25) is 0 Å². The highest BCUT2D eigenvalue weighted by atomic mass is 35.5. The largest absolute Gasteiger partial charge is 0.482 e. The summed E-state index contributed by atoms with van der Waals surface area (Å²) in [6.07, 6.45) is 4.53. The Bertz CT molecular complexity index is 781. The maximum absolute atomic E-state index is 12.3. The predicted molar refractivity (Wildman–Crippen MR) is 114 cm³/mol. The van der Waals surface area contributed by atoms with E-state index in [0.29, 0.717) is 23.4 Å². The standard InChI is InChI=1S/C22H26N2O3.ClH/c25-20(18-10-11-21-19(15-18)24-22(26)16-27-21)9-5-2-6-13-23-14-12-17-7-3-1-4-8-17;/h1,3-4,7-8,10-11,15,23H,2,5-6,9,12-14,16H2,(H,24,26);1H. The number of ether oxygens (including phenoxy) is 1. The maximum atomic E-state index is 12.3. The summed E-state index contributed by atoms with van der Waals surface area (Å²) in [7, 11) is 0. The second-order valence-electron chi connectivity index (χ2n) is 6.77. The summed E-state index contributed by atoms with van der Waals surface area (Å²) in [5.41, 5.74) is 2.56. The van der Waals surface area contributed by atoms with Gasteiger partial charge in [-0.05, 0) is 56.1 Å². The third kappa shape index (κ3) is 6.66. The molecule has 1 heterocycles. The number of hydrogen-bond acceptors (Lipinski definition) is 4. The number of anilines is 1. The summed E-state index contributed by atoms with van der Waals surface area (Å²) in [6, 6.07) is 15.7. The zero-order valence-electron chi connectivity index (χ0n) is 15.9. The van der Waals surface area contributed by atoms with Gasteiger partial charge in [0.2, 0.25) is 0 Å². The van der Waals surface area contributed by atoms with Crippen LogP contribution in [0.4, 0.5) is 5.69 Å². The first-order valence-corrected chi connectivity index (χ1v) is 9.57. The zero-order chi connectivity index (χ0) is 18.9. The average molecular weight is 403 g/mol. The van der Waals surface area contributed by atoms with Crippen molar-refractivity contribution in [2.45, 2.75) is 32.1 Å². The fourth-order valence-electron chi connectivity index (χ4n) is 3.12. The maximum Gasteiger partial charge on any atom is 0.262 e. The van der Waals surface area contributed by atoms with Crippen molar-refractivity contribution in [2.24, 2.45) is 0 Å². The number of Topliss-reactive ketones (excluding diaryl/α,β-unsaturated/α-hetero) is 1. The molecular formula is C22H27ClN2O3. The normalized spacial score (nSPS) is 12.4. The lowest BCUT2D eigenvalue weighted by atomic mass is 10.0. The minimum atomic E-state index is -0.188. The van der Waals surface area contributed by atoms with Gasteiger partial charge in [-0.3, -0.25) is 9.59 Å². The molecule has 2 aromatic rings. The molecule has 0 saturated heterocycles. The molecule has 0 bridgehead atoms. The quantitative estimate of drug-likeness (QED) is 0.465. The SMILES string of the molecule is Cl.O=C1COc2ccc(C(=O)CCCCCNCCc3ccccc3)cc2N1. The average Bonchev–Trinajstić information content (AvgIpc) is 2.70. The molecule has 0 radical (unpaired) electrons. The van der Waals surface area contributed by atoms with Crippen LogP contribution in [0.5, 0.6) is 5.75 Å². The number of unbranched alkanes of at least 4 members (excludes halogenated alkanes) is 2. The fourth-order valence-corrected chi connectivity index (χ4v) is 3.12. The molecule has 1 aliphatic rings. The first-order valence-electron chi connectivity index (χ1n) is 9.57. The second-order valence-corrected chi connectivity index (χ2v) is 6.77. The lowest BCUT2D eigenvalue weighted by Crippen LogP contribution is -2.25. The van der Waals surface area contributed by atoms with Crippen molar-refractivity contribution in [3.05, 3.63) is 59.7 Å². The highest BCUT2D eigenvalue weighted by Crippen LogP contribution is 2.29. The van der Waals surface area contributed by atoms with E-state index in [1.807, 2.05) is 6.07 Å². The van der Waals surface area contributed by atoms with Crippen molar-refractivity contribution in [1.29, 1.82) is 0 Å². The van der Waals surface area contributed by atoms with Crippen LogP contribution in [0.25, 0.3) is 0 Å². The van der Waals surface area contributed by atoms with Crippen molar-refractivity contribution in [3.8, 4) is 5.75 Å². The number of carbonyl (C=O) groups excluding carboxylic acids is 2. The minimum Gasteiger partial charge on any atom is -0.482 e. The molecule has 0 fully saturated rings. The topological polar surface area (TPSA) is 67.4 Å². The molecule has 2 N–H and O–H groups in total. The number of fused-ring (bicyclic) bond motifs is 1. The van der Waals surface area contributed by atoms with Crippen molar-refractivity contribution in [3.63, 3.8) is 0 Å². The Morgan fingerprint density at radius 1 is 1.04 bits per heavy atom. The number of amides is 1. The smallest absolute Gasteiger partial charge is 0.262 e. The lowest BCUT2D eigenvalue weighted by molar-refractivity contribution is -0.118. The summed E-state index contributed by atoms with van der Waals surface area (Å²) < 4.78 is 5.31. The molecule has 2 aromatic carbocycles. The van der Waals surface area contributed by atoms with Gasteiger partial charge in [-0.1, -0.05) is 36.8 Å².